The van der Waals surface area contributed by atoms with Gasteiger partial charge in [-0.15, -0.1) is 0 Å². The molecule has 0 bridgehead atoms. The number of hydrogen-bond donors (Lipinski definition) is 0. The molecule has 0 unspecified atom stereocenters. The van der Waals surface area contributed by atoms with E-state index in [1.54, 1.807) is 38.2 Å². The Hall–Kier alpha value is -3.24. The van der Waals surface area contributed by atoms with E-state index in [0.717, 1.165) is 11.3 Å². The van der Waals surface area contributed by atoms with Crippen LogP contribution in [0.3, 0.4) is 0 Å². The van der Waals surface area contributed by atoms with E-state index in [1.165, 1.54) is 33.5 Å². The maximum absolute atomic E-state index is 13.3. The van der Waals surface area contributed by atoms with E-state index >= 15 is 0 Å². The molecule has 2 heterocycles. The van der Waals surface area contributed by atoms with Gasteiger partial charge in [0.05, 0.1) is 17.1 Å². The number of carbonyl (C=O) groups is 1. The van der Waals surface area contributed by atoms with Crippen LogP contribution in [-0.2, 0) is 16.6 Å². The minimum atomic E-state index is -3.77. The van der Waals surface area contributed by atoms with Crippen LogP contribution in [0.5, 0.6) is 0 Å². The van der Waals surface area contributed by atoms with E-state index in [1.807, 2.05) is 11.8 Å². The first-order valence-electron chi connectivity index (χ1n) is 10.9. The van der Waals surface area contributed by atoms with E-state index < -0.39 is 10.0 Å². The van der Waals surface area contributed by atoms with Gasteiger partial charge >= 0.3 is 0 Å². The van der Waals surface area contributed by atoms with E-state index in [9.17, 15) is 17.6 Å². The average Bonchev–Trinajstić information content (AvgIpc) is 3.16. The van der Waals surface area contributed by atoms with Gasteiger partial charge < -0.3 is 14.3 Å². The summed E-state index contributed by atoms with van der Waals surface area (Å²) in [4.78, 5) is 16.6. The Labute approximate surface area is 198 Å². The van der Waals surface area contributed by atoms with Gasteiger partial charge in [-0.1, -0.05) is 11.2 Å². The molecule has 2 aromatic carbocycles. The second-order valence-electron chi connectivity index (χ2n) is 8.36. The molecule has 8 nitrogen and oxygen atoms in total. The molecule has 1 saturated heterocycles. The van der Waals surface area contributed by atoms with Crippen molar-refractivity contribution in [1.82, 2.24) is 14.4 Å². The molecular weight excluding hydrogens is 459 g/mol. The number of benzene rings is 2. The Kier molecular flexibility index (Phi) is 6.72. The van der Waals surface area contributed by atoms with Gasteiger partial charge in [0.15, 0.2) is 0 Å². The van der Waals surface area contributed by atoms with Crippen LogP contribution in [0.4, 0.5) is 10.1 Å². The zero-order valence-electron chi connectivity index (χ0n) is 19.4. The van der Waals surface area contributed by atoms with Crippen molar-refractivity contribution < 1.29 is 22.1 Å². The molecule has 180 valence electrons. The highest BCUT2D eigenvalue weighted by molar-refractivity contribution is 7.89. The highest BCUT2D eigenvalue weighted by atomic mass is 32.2. The zero-order chi connectivity index (χ0) is 24.5. The van der Waals surface area contributed by atoms with Crippen molar-refractivity contribution in [3.05, 3.63) is 76.9 Å². The highest BCUT2D eigenvalue weighted by Gasteiger charge is 2.29. The fraction of sp³-hybridized carbons (Fsp3) is 0.333. The summed E-state index contributed by atoms with van der Waals surface area (Å²) >= 11 is 0. The topological polar surface area (TPSA) is 87.0 Å². The number of nitrogens with zero attached hydrogens (tertiary/aromatic N) is 4. The van der Waals surface area contributed by atoms with Gasteiger partial charge in [0.25, 0.3) is 5.91 Å². The third kappa shape index (κ3) is 4.83. The maximum atomic E-state index is 13.3. The summed E-state index contributed by atoms with van der Waals surface area (Å²) in [5, 5.41) is 3.91. The molecule has 1 amide bonds. The largest absolute Gasteiger partial charge is 0.369 e. The van der Waals surface area contributed by atoms with Gasteiger partial charge in [0, 0.05) is 50.0 Å². The van der Waals surface area contributed by atoms with Crippen LogP contribution in [0.2, 0.25) is 0 Å². The minimum absolute atomic E-state index is 0.0827. The number of carbonyl (C=O) groups excluding carboxylic acids is 1. The first-order chi connectivity index (χ1) is 16.2. The van der Waals surface area contributed by atoms with Gasteiger partial charge in [-0.3, -0.25) is 4.79 Å². The molecule has 0 aliphatic carbocycles. The number of rotatable bonds is 6. The molecule has 3 aromatic rings. The molecule has 1 aromatic heterocycles. The summed E-state index contributed by atoms with van der Waals surface area (Å²) < 4.78 is 46.3. The van der Waals surface area contributed by atoms with Crippen molar-refractivity contribution in [2.45, 2.75) is 25.3 Å². The van der Waals surface area contributed by atoms with Gasteiger partial charge in [0.2, 0.25) is 10.0 Å². The third-order valence-electron chi connectivity index (χ3n) is 6.07. The fourth-order valence-electron chi connectivity index (χ4n) is 4.03. The van der Waals surface area contributed by atoms with Crippen LogP contribution in [0.25, 0.3) is 0 Å². The molecule has 0 saturated carbocycles. The van der Waals surface area contributed by atoms with E-state index in [4.69, 9.17) is 4.52 Å². The Morgan fingerprint density at radius 2 is 1.76 bits per heavy atom. The zero-order valence-corrected chi connectivity index (χ0v) is 20.2. The molecule has 1 fully saturated rings. The lowest BCUT2D eigenvalue weighted by atomic mass is 10.1. The van der Waals surface area contributed by atoms with E-state index in [0.29, 0.717) is 49.7 Å². The van der Waals surface area contributed by atoms with Crippen LogP contribution >= 0.6 is 0 Å². The predicted octanol–water partition coefficient (Wildman–Crippen LogP) is 3.21. The van der Waals surface area contributed by atoms with Crippen LogP contribution in [0.1, 0.15) is 27.4 Å². The molecule has 1 aliphatic rings. The van der Waals surface area contributed by atoms with Crippen LogP contribution in [0.15, 0.2) is 57.9 Å². The molecule has 34 heavy (non-hydrogen) atoms. The number of aryl methyl sites for hydroxylation is 2. The van der Waals surface area contributed by atoms with Crippen LogP contribution in [0, 0.1) is 19.7 Å². The summed E-state index contributed by atoms with van der Waals surface area (Å²) in [7, 11) is -2.11. The highest BCUT2D eigenvalue weighted by Crippen LogP contribution is 2.23. The Balaban J connectivity index is 1.46. The monoisotopic (exact) mass is 486 g/mol. The first-order valence-corrected chi connectivity index (χ1v) is 12.4. The molecule has 4 rings (SSSR count). The van der Waals surface area contributed by atoms with Gasteiger partial charge in [-0.25, -0.2) is 12.8 Å². The maximum Gasteiger partial charge on any atom is 0.253 e. The van der Waals surface area contributed by atoms with Crippen molar-refractivity contribution in [3.63, 3.8) is 0 Å². The number of aromatic nitrogens is 1. The molecule has 0 radical (unpaired) electrons. The summed E-state index contributed by atoms with van der Waals surface area (Å²) in [5.41, 5.74) is 2.69. The van der Waals surface area contributed by atoms with E-state index in [-0.39, 0.29) is 16.6 Å². The minimum Gasteiger partial charge on any atom is -0.369 e. The lowest BCUT2D eigenvalue weighted by Crippen LogP contribution is -2.48. The first kappa shape index (κ1) is 23.9. The average molecular weight is 487 g/mol. The SMILES string of the molecule is Cc1noc(C)c1CN(C)C(=O)c1cccc(S(=O)(=O)N2CCN(c3ccc(F)cc3)CC2)c1. The Morgan fingerprint density at radius 3 is 2.38 bits per heavy atom. The summed E-state index contributed by atoms with van der Waals surface area (Å²) in [6.45, 7) is 5.48. The molecule has 0 atom stereocenters. The Morgan fingerprint density at radius 1 is 1.09 bits per heavy atom. The van der Waals surface area contributed by atoms with Crippen molar-refractivity contribution >= 4 is 21.6 Å². The quantitative estimate of drug-likeness (QED) is 0.532. The summed E-state index contributed by atoms with van der Waals surface area (Å²) in [6, 6.07) is 12.3. The van der Waals surface area contributed by atoms with Crippen molar-refractivity contribution in [2.24, 2.45) is 0 Å². The van der Waals surface area contributed by atoms with Gasteiger partial charge in [-0.2, -0.15) is 4.31 Å². The standard InChI is InChI=1S/C24H27FN4O4S/c1-17-23(18(2)33-26-17)16-27(3)24(30)19-5-4-6-22(15-19)34(31,32)29-13-11-28(12-14-29)21-9-7-20(25)8-10-21/h4-10,15H,11-14,16H2,1-3H3. The van der Waals surface area contributed by atoms with Crippen LogP contribution in [-0.4, -0.2) is 61.9 Å². The number of anilines is 1. The fourth-order valence-corrected chi connectivity index (χ4v) is 5.50. The molecule has 0 N–H and O–H groups in total. The van der Waals surface area contributed by atoms with E-state index in [2.05, 4.69) is 5.16 Å². The van der Waals surface area contributed by atoms with Gasteiger partial charge in [0.1, 0.15) is 11.6 Å². The smallest absolute Gasteiger partial charge is 0.253 e. The molecule has 0 spiro atoms. The number of amides is 1. The number of halogens is 1. The Bertz CT molecular complexity index is 1260. The van der Waals surface area contributed by atoms with Crippen LogP contribution < -0.4 is 4.90 Å². The lowest BCUT2D eigenvalue weighted by Gasteiger charge is -2.35. The summed E-state index contributed by atoms with van der Waals surface area (Å²) in [5.74, 6) is 0.0446. The van der Waals surface area contributed by atoms with Gasteiger partial charge in [-0.05, 0) is 56.3 Å². The molecule has 10 heteroatoms. The second kappa shape index (κ2) is 9.55. The van der Waals surface area contributed by atoms with Crippen molar-refractivity contribution in [2.75, 3.05) is 38.1 Å². The lowest BCUT2D eigenvalue weighted by molar-refractivity contribution is 0.0784. The number of hydrogen-bond acceptors (Lipinski definition) is 6. The summed E-state index contributed by atoms with van der Waals surface area (Å²) in [6.07, 6.45) is 0. The van der Waals surface area contributed by atoms with Crippen molar-refractivity contribution in [1.29, 1.82) is 0 Å². The number of piperazine rings is 1. The predicted molar refractivity (Wildman–Crippen MR) is 126 cm³/mol. The molecule has 1 aliphatic heterocycles. The second-order valence-corrected chi connectivity index (χ2v) is 10.3. The number of sulfonamides is 1. The van der Waals surface area contributed by atoms with Crippen molar-refractivity contribution in [3.8, 4) is 0 Å². The third-order valence-corrected chi connectivity index (χ3v) is 7.97. The molecular formula is C24H27FN4O4S. The normalized spacial score (nSPS) is 14.9.